The molecule has 0 unspecified atom stereocenters. The van der Waals surface area contributed by atoms with Crippen molar-refractivity contribution in [3.63, 3.8) is 0 Å². The summed E-state index contributed by atoms with van der Waals surface area (Å²) in [6, 6.07) is 5.73. The number of carbonyl (C=O) groups is 1. The Morgan fingerprint density at radius 3 is 2.48 bits per heavy atom. The number of aromatic hydroxyl groups is 1. The Labute approximate surface area is 136 Å². The van der Waals surface area contributed by atoms with Crippen LogP contribution in [0.5, 0.6) is 5.75 Å². The van der Waals surface area contributed by atoms with Gasteiger partial charge in [-0.1, -0.05) is 6.92 Å². The number of piperazine rings is 1. The van der Waals surface area contributed by atoms with Crippen LogP contribution in [0.3, 0.4) is 0 Å². The van der Waals surface area contributed by atoms with Gasteiger partial charge in [-0.3, -0.25) is 9.69 Å². The number of hydrogen-bond donors (Lipinski definition) is 1. The fourth-order valence-corrected chi connectivity index (χ4v) is 5.62. The van der Waals surface area contributed by atoms with Crippen LogP contribution >= 0.6 is 0 Å². The molecule has 1 amide bonds. The molecule has 2 atom stereocenters. The van der Waals surface area contributed by atoms with Crippen LogP contribution in [0.15, 0.2) is 24.3 Å². The highest BCUT2D eigenvalue weighted by Gasteiger charge is 2.47. The molecule has 1 N–H and O–H groups in total. The van der Waals surface area contributed by atoms with Gasteiger partial charge in [-0.05, 0) is 37.2 Å². The van der Waals surface area contributed by atoms with E-state index in [-0.39, 0.29) is 35.2 Å². The third kappa shape index (κ3) is 3.21. The molecule has 0 aliphatic carbocycles. The number of nitrogens with zero attached hydrogens (tertiary/aromatic N) is 2. The lowest BCUT2D eigenvalue weighted by atomic mass is 10.0. The van der Waals surface area contributed by atoms with E-state index in [0.717, 1.165) is 13.0 Å². The lowest BCUT2D eigenvalue weighted by Gasteiger charge is -2.43. The zero-order chi connectivity index (χ0) is 16.6. The first-order valence-corrected chi connectivity index (χ1v) is 9.78. The standard InChI is InChI=1S/C16H22N2O4S/c1-2-7-17-8-9-18(15-11-23(21,22)10-14(15)17)16(20)12-3-5-13(19)6-4-12/h3-6,14-15,19H,2,7-11H2,1H3/t14-,15+/m1/s1. The summed E-state index contributed by atoms with van der Waals surface area (Å²) in [7, 11) is -3.11. The van der Waals surface area contributed by atoms with Crippen molar-refractivity contribution in [3.05, 3.63) is 29.8 Å². The highest BCUT2D eigenvalue weighted by Crippen LogP contribution is 2.28. The molecule has 126 valence electrons. The van der Waals surface area contributed by atoms with Crippen molar-refractivity contribution in [2.45, 2.75) is 25.4 Å². The molecule has 2 heterocycles. The maximum Gasteiger partial charge on any atom is 0.254 e. The first-order chi connectivity index (χ1) is 10.9. The number of rotatable bonds is 3. The van der Waals surface area contributed by atoms with Crippen LogP contribution in [-0.4, -0.2) is 72.5 Å². The molecule has 0 radical (unpaired) electrons. The van der Waals surface area contributed by atoms with E-state index in [0.29, 0.717) is 18.7 Å². The van der Waals surface area contributed by atoms with E-state index >= 15 is 0 Å². The van der Waals surface area contributed by atoms with Gasteiger partial charge in [-0.2, -0.15) is 0 Å². The minimum Gasteiger partial charge on any atom is -0.508 e. The molecule has 2 fully saturated rings. The van der Waals surface area contributed by atoms with Crippen molar-refractivity contribution < 1.29 is 18.3 Å². The Bertz CT molecular complexity index is 687. The lowest BCUT2D eigenvalue weighted by Crippen LogP contribution is -2.60. The van der Waals surface area contributed by atoms with Crippen molar-refractivity contribution >= 4 is 15.7 Å². The van der Waals surface area contributed by atoms with Gasteiger partial charge in [0, 0.05) is 24.7 Å². The maximum atomic E-state index is 12.8. The van der Waals surface area contributed by atoms with Crippen LogP contribution in [0.25, 0.3) is 0 Å². The molecule has 2 saturated heterocycles. The molecule has 0 spiro atoms. The van der Waals surface area contributed by atoms with E-state index < -0.39 is 9.84 Å². The van der Waals surface area contributed by atoms with Crippen LogP contribution in [0.4, 0.5) is 0 Å². The van der Waals surface area contributed by atoms with Gasteiger partial charge in [0.25, 0.3) is 5.91 Å². The largest absolute Gasteiger partial charge is 0.508 e. The number of benzene rings is 1. The van der Waals surface area contributed by atoms with Gasteiger partial charge in [0.05, 0.1) is 17.5 Å². The maximum absolute atomic E-state index is 12.8. The average molecular weight is 338 g/mol. The fraction of sp³-hybridized carbons (Fsp3) is 0.562. The first-order valence-electron chi connectivity index (χ1n) is 7.96. The third-order valence-electron chi connectivity index (χ3n) is 4.68. The van der Waals surface area contributed by atoms with Gasteiger partial charge in [0.15, 0.2) is 9.84 Å². The van der Waals surface area contributed by atoms with Crippen LogP contribution in [-0.2, 0) is 9.84 Å². The first kappa shape index (κ1) is 16.3. The summed E-state index contributed by atoms with van der Waals surface area (Å²) in [5.41, 5.74) is 0.481. The number of phenols is 1. The number of fused-ring (bicyclic) bond motifs is 1. The topological polar surface area (TPSA) is 77.9 Å². The highest BCUT2D eigenvalue weighted by atomic mass is 32.2. The van der Waals surface area contributed by atoms with E-state index in [2.05, 4.69) is 11.8 Å². The fourth-order valence-electron chi connectivity index (χ4n) is 3.61. The Kier molecular flexibility index (Phi) is 4.33. The zero-order valence-corrected chi connectivity index (χ0v) is 14.0. The molecule has 2 aliphatic rings. The second-order valence-corrected chi connectivity index (χ2v) is 8.45. The molecule has 0 saturated carbocycles. The van der Waals surface area contributed by atoms with Crippen LogP contribution in [0, 0.1) is 0 Å². The Morgan fingerprint density at radius 1 is 1.17 bits per heavy atom. The summed E-state index contributed by atoms with van der Waals surface area (Å²) in [6.07, 6.45) is 0.967. The molecular weight excluding hydrogens is 316 g/mol. The number of phenolic OH excluding ortho intramolecular Hbond substituents is 1. The van der Waals surface area contributed by atoms with E-state index in [1.54, 1.807) is 17.0 Å². The van der Waals surface area contributed by atoms with E-state index in [9.17, 15) is 18.3 Å². The smallest absolute Gasteiger partial charge is 0.254 e. The molecular formula is C16H22N2O4S. The number of hydrogen-bond acceptors (Lipinski definition) is 5. The van der Waals surface area contributed by atoms with Crippen molar-refractivity contribution in [1.82, 2.24) is 9.80 Å². The van der Waals surface area contributed by atoms with Gasteiger partial charge < -0.3 is 10.0 Å². The van der Waals surface area contributed by atoms with Gasteiger partial charge in [-0.15, -0.1) is 0 Å². The zero-order valence-electron chi connectivity index (χ0n) is 13.2. The lowest BCUT2D eigenvalue weighted by molar-refractivity contribution is 0.0333. The van der Waals surface area contributed by atoms with E-state index in [1.807, 2.05) is 0 Å². The average Bonchev–Trinajstić information content (AvgIpc) is 2.83. The Hall–Kier alpha value is -1.60. The van der Waals surface area contributed by atoms with Crippen LogP contribution in [0.1, 0.15) is 23.7 Å². The summed E-state index contributed by atoms with van der Waals surface area (Å²) < 4.78 is 24.2. The molecule has 6 nitrogen and oxygen atoms in total. The molecule has 0 bridgehead atoms. The number of amides is 1. The number of sulfone groups is 1. The van der Waals surface area contributed by atoms with Crippen molar-refractivity contribution in [3.8, 4) is 5.75 Å². The van der Waals surface area contributed by atoms with Gasteiger partial charge in [-0.25, -0.2) is 8.42 Å². The predicted octanol–water partition coefficient (Wildman–Crippen LogP) is 0.726. The van der Waals surface area contributed by atoms with E-state index in [4.69, 9.17) is 0 Å². The summed E-state index contributed by atoms with van der Waals surface area (Å²) in [4.78, 5) is 16.7. The van der Waals surface area contributed by atoms with Crippen molar-refractivity contribution in [1.29, 1.82) is 0 Å². The summed E-state index contributed by atoms with van der Waals surface area (Å²) in [5.74, 6) is 0.127. The van der Waals surface area contributed by atoms with E-state index in [1.165, 1.54) is 12.1 Å². The SMILES string of the molecule is CCCN1CCN(C(=O)c2ccc(O)cc2)[C@H]2CS(=O)(=O)C[C@H]21. The molecule has 2 aliphatic heterocycles. The Balaban J connectivity index is 1.86. The normalized spacial score (nSPS) is 26.9. The van der Waals surface area contributed by atoms with Gasteiger partial charge in [0.2, 0.25) is 0 Å². The molecule has 1 aromatic carbocycles. The van der Waals surface area contributed by atoms with Crippen LogP contribution in [0.2, 0.25) is 0 Å². The molecule has 3 rings (SSSR count). The van der Waals surface area contributed by atoms with Crippen molar-refractivity contribution in [2.75, 3.05) is 31.1 Å². The summed E-state index contributed by atoms with van der Waals surface area (Å²) in [6.45, 7) is 4.18. The minimum absolute atomic E-state index is 0.0434. The second-order valence-electron chi connectivity index (χ2n) is 6.29. The second kappa shape index (κ2) is 6.13. The highest BCUT2D eigenvalue weighted by molar-refractivity contribution is 7.91. The Morgan fingerprint density at radius 2 is 1.83 bits per heavy atom. The minimum atomic E-state index is -3.11. The monoisotopic (exact) mass is 338 g/mol. The summed E-state index contributed by atoms with van der Waals surface area (Å²) >= 11 is 0. The molecule has 7 heteroatoms. The number of carbonyl (C=O) groups excluding carboxylic acids is 1. The molecule has 23 heavy (non-hydrogen) atoms. The van der Waals surface area contributed by atoms with Crippen LogP contribution < -0.4 is 0 Å². The molecule has 0 aromatic heterocycles. The van der Waals surface area contributed by atoms with Gasteiger partial charge >= 0.3 is 0 Å². The van der Waals surface area contributed by atoms with Crippen molar-refractivity contribution in [2.24, 2.45) is 0 Å². The predicted molar refractivity (Wildman–Crippen MR) is 87.2 cm³/mol. The quantitative estimate of drug-likeness (QED) is 0.879. The third-order valence-corrected chi connectivity index (χ3v) is 6.38. The summed E-state index contributed by atoms with van der Waals surface area (Å²) in [5, 5.41) is 9.35. The molecule has 1 aromatic rings. The van der Waals surface area contributed by atoms with Gasteiger partial charge in [0.1, 0.15) is 5.75 Å².